The fourth-order valence-electron chi connectivity index (χ4n) is 2.48. The lowest BCUT2D eigenvalue weighted by Gasteiger charge is -2.15. The molecule has 0 fully saturated rings. The highest BCUT2D eigenvalue weighted by atomic mass is 32.2. The predicted molar refractivity (Wildman–Crippen MR) is 104 cm³/mol. The van der Waals surface area contributed by atoms with E-state index in [-0.39, 0.29) is 34.8 Å². The summed E-state index contributed by atoms with van der Waals surface area (Å²) < 4.78 is 32.0. The maximum Gasteiger partial charge on any atom is 0.329 e. The normalized spacial score (nSPS) is 11.6. The topological polar surface area (TPSA) is 92.7 Å². The summed E-state index contributed by atoms with van der Waals surface area (Å²) in [4.78, 5) is 35.7. The van der Waals surface area contributed by atoms with Crippen molar-refractivity contribution in [1.82, 2.24) is 5.32 Å². The van der Waals surface area contributed by atoms with Crippen molar-refractivity contribution in [3.05, 3.63) is 53.6 Å². The van der Waals surface area contributed by atoms with Crippen molar-refractivity contribution in [2.75, 3.05) is 12.4 Å². The lowest BCUT2D eigenvalue weighted by Crippen LogP contribution is -2.42. The summed E-state index contributed by atoms with van der Waals surface area (Å²) in [5.41, 5.74) is 0.225. The molecule has 0 spiro atoms. The van der Waals surface area contributed by atoms with Gasteiger partial charge < -0.3 is 15.2 Å². The zero-order valence-electron chi connectivity index (χ0n) is 15.7. The summed E-state index contributed by atoms with van der Waals surface area (Å²) in [7, 11) is 0. The molecule has 1 amide bonds. The van der Waals surface area contributed by atoms with Crippen molar-refractivity contribution in [2.24, 2.45) is 0 Å². The molecule has 29 heavy (non-hydrogen) atoms. The van der Waals surface area contributed by atoms with E-state index in [1.54, 1.807) is 6.92 Å². The first-order chi connectivity index (χ1) is 13.7. The third-order valence-electron chi connectivity index (χ3n) is 3.79. The molecule has 0 radical (unpaired) electrons. The van der Waals surface area contributed by atoms with Crippen LogP contribution in [0.5, 0.6) is 5.75 Å². The molecule has 0 heterocycles. The molecule has 2 N–H and O–H groups in total. The van der Waals surface area contributed by atoms with E-state index in [4.69, 9.17) is 4.74 Å². The molecular formula is C20H19F2NO5S. The highest BCUT2D eigenvalue weighted by Crippen LogP contribution is 2.30. The lowest BCUT2D eigenvalue weighted by molar-refractivity contribution is -0.146. The Kier molecular flexibility index (Phi) is 7.72. The summed E-state index contributed by atoms with van der Waals surface area (Å²) in [6.45, 7) is 2.95. The number of carbonyl (C=O) groups excluding carboxylic acids is 3. The highest BCUT2D eigenvalue weighted by Gasteiger charge is 2.24. The van der Waals surface area contributed by atoms with Crippen LogP contribution in [0.3, 0.4) is 0 Å². The first-order valence-corrected chi connectivity index (χ1v) is 9.60. The average Bonchev–Trinajstić information content (AvgIpc) is 2.65. The predicted octanol–water partition coefficient (Wildman–Crippen LogP) is 3.28. The van der Waals surface area contributed by atoms with Gasteiger partial charge in [0.1, 0.15) is 23.4 Å². The number of thioether (sulfide) groups is 1. The molecule has 0 saturated carbocycles. The molecule has 0 aliphatic carbocycles. The molecule has 2 aromatic carbocycles. The van der Waals surface area contributed by atoms with E-state index < -0.39 is 34.7 Å². The van der Waals surface area contributed by atoms with Gasteiger partial charge in [-0.25, -0.2) is 13.6 Å². The second-order valence-corrected chi connectivity index (χ2v) is 6.95. The maximum absolute atomic E-state index is 14.0. The van der Waals surface area contributed by atoms with Crippen LogP contribution in [0.15, 0.2) is 36.4 Å². The first-order valence-electron chi connectivity index (χ1n) is 8.62. The van der Waals surface area contributed by atoms with Crippen LogP contribution in [-0.4, -0.2) is 40.5 Å². The molecule has 0 bridgehead atoms. The summed E-state index contributed by atoms with van der Waals surface area (Å²) in [6.07, 6.45) is 0. The number of aromatic hydroxyl groups is 1. The summed E-state index contributed by atoms with van der Waals surface area (Å²) in [6, 6.07) is 5.88. The van der Waals surface area contributed by atoms with Crippen molar-refractivity contribution < 1.29 is 33.0 Å². The van der Waals surface area contributed by atoms with Crippen molar-refractivity contribution in [3.8, 4) is 16.9 Å². The smallest absolute Gasteiger partial charge is 0.329 e. The lowest BCUT2D eigenvalue weighted by atomic mass is 10.0. The molecule has 1 atom stereocenters. The Bertz CT molecular complexity index is 935. The zero-order valence-corrected chi connectivity index (χ0v) is 16.5. The van der Waals surface area contributed by atoms with Gasteiger partial charge in [-0.1, -0.05) is 17.8 Å². The van der Waals surface area contributed by atoms with Gasteiger partial charge in [-0.15, -0.1) is 0 Å². The second-order valence-electron chi connectivity index (χ2n) is 5.96. The van der Waals surface area contributed by atoms with Gasteiger partial charge in [-0.2, -0.15) is 0 Å². The van der Waals surface area contributed by atoms with E-state index in [0.29, 0.717) is 11.8 Å². The monoisotopic (exact) mass is 423 g/mol. The number of rotatable bonds is 7. The molecule has 0 aliphatic rings. The number of halogens is 2. The van der Waals surface area contributed by atoms with E-state index in [1.165, 1.54) is 31.2 Å². The van der Waals surface area contributed by atoms with Crippen molar-refractivity contribution >= 4 is 28.8 Å². The zero-order chi connectivity index (χ0) is 21.6. The molecule has 0 aliphatic heterocycles. The van der Waals surface area contributed by atoms with E-state index in [0.717, 1.165) is 12.1 Å². The highest BCUT2D eigenvalue weighted by molar-refractivity contribution is 8.14. The van der Waals surface area contributed by atoms with Crippen LogP contribution in [-0.2, 0) is 14.3 Å². The fraction of sp³-hybridized carbons (Fsp3) is 0.250. The summed E-state index contributed by atoms with van der Waals surface area (Å²) in [5, 5.41) is 11.8. The van der Waals surface area contributed by atoms with Crippen LogP contribution in [0.1, 0.15) is 24.2 Å². The molecule has 0 saturated heterocycles. The van der Waals surface area contributed by atoms with E-state index in [9.17, 15) is 28.3 Å². The van der Waals surface area contributed by atoms with Gasteiger partial charge in [0.2, 0.25) is 11.0 Å². The Morgan fingerprint density at radius 2 is 1.90 bits per heavy atom. The number of hydrogen-bond acceptors (Lipinski definition) is 6. The minimum atomic E-state index is -1.04. The SMILES string of the molecule is CCOC(=O)C(CSC(=O)c1cc(-c2ccc(F)cc2F)ccc1O)NC(C)=O. The van der Waals surface area contributed by atoms with Gasteiger partial charge in [0, 0.05) is 24.3 Å². The summed E-state index contributed by atoms with van der Waals surface area (Å²) >= 11 is 0.690. The first kappa shape index (κ1) is 22.4. The van der Waals surface area contributed by atoms with Gasteiger partial charge >= 0.3 is 5.97 Å². The summed E-state index contributed by atoms with van der Waals surface area (Å²) in [5.74, 6) is -3.15. The fourth-order valence-corrected chi connectivity index (χ4v) is 3.34. The van der Waals surface area contributed by atoms with Gasteiger partial charge in [0.15, 0.2) is 0 Å². The van der Waals surface area contributed by atoms with Crippen LogP contribution in [0.25, 0.3) is 11.1 Å². The number of carbonyl (C=O) groups is 3. The van der Waals surface area contributed by atoms with Crippen molar-refractivity contribution in [1.29, 1.82) is 0 Å². The van der Waals surface area contributed by atoms with E-state index in [1.807, 2.05) is 0 Å². The minimum Gasteiger partial charge on any atom is -0.507 e. The number of hydrogen-bond donors (Lipinski definition) is 2. The molecule has 6 nitrogen and oxygen atoms in total. The van der Waals surface area contributed by atoms with Gasteiger partial charge in [0.05, 0.1) is 12.2 Å². The molecular weight excluding hydrogens is 404 g/mol. The molecule has 2 rings (SSSR count). The quantitative estimate of drug-likeness (QED) is 0.664. The maximum atomic E-state index is 14.0. The number of benzene rings is 2. The third-order valence-corrected chi connectivity index (χ3v) is 4.77. The van der Waals surface area contributed by atoms with Crippen molar-refractivity contribution in [2.45, 2.75) is 19.9 Å². The number of phenolic OH excluding ortho intramolecular Hbond substituents is 1. The molecule has 1 unspecified atom stereocenters. The van der Waals surface area contributed by atoms with Crippen LogP contribution >= 0.6 is 11.8 Å². The average molecular weight is 423 g/mol. The molecule has 9 heteroatoms. The van der Waals surface area contributed by atoms with E-state index >= 15 is 0 Å². The van der Waals surface area contributed by atoms with Gasteiger partial charge in [-0.05, 0) is 36.8 Å². The largest absolute Gasteiger partial charge is 0.507 e. The minimum absolute atomic E-state index is 0.0631. The number of nitrogens with one attached hydrogen (secondary N) is 1. The van der Waals surface area contributed by atoms with Crippen LogP contribution < -0.4 is 5.32 Å². The molecule has 0 aromatic heterocycles. The Morgan fingerprint density at radius 1 is 1.17 bits per heavy atom. The van der Waals surface area contributed by atoms with E-state index in [2.05, 4.69) is 5.32 Å². The van der Waals surface area contributed by atoms with Crippen LogP contribution in [0, 0.1) is 11.6 Å². The van der Waals surface area contributed by atoms with Gasteiger partial charge in [0.25, 0.3) is 0 Å². The Morgan fingerprint density at radius 3 is 2.52 bits per heavy atom. The number of ether oxygens (including phenoxy) is 1. The van der Waals surface area contributed by atoms with Crippen molar-refractivity contribution in [3.63, 3.8) is 0 Å². The Balaban J connectivity index is 2.21. The van der Waals surface area contributed by atoms with Gasteiger partial charge in [-0.3, -0.25) is 9.59 Å². The second kappa shape index (κ2) is 10.0. The van der Waals surface area contributed by atoms with Crippen LogP contribution in [0.2, 0.25) is 0 Å². The Hall–Kier alpha value is -2.94. The number of phenols is 1. The number of esters is 1. The molecule has 2 aromatic rings. The van der Waals surface area contributed by atoms with Crippen LogP contribution in [0.4, 0.5) is 8.78 Å². The molecule has 154 valence electrons. The standard InChI is InChI=1S/C20H19F2NO5S/c1-3-28-19(26)17(23-11(2)24)10-29-20(27)15-8-12(4-7-18(15)25)14-6-5-13(21)9-16(14)22/h4-9,17,25H,3,10H2,1-2H3,(H,23,24). The number of amides is 1. The third kappa shape index (κ3) is 6.02. The Labute approximate surface area is 170 Å².